The molecule has 0 bridgehead atoms. The highest BCUT2D eigenvalue weighted by Gasteiger charge is 2.35. The number of likely N-dealkylation sites (tertiary alicyclic amines) is 1. The molecule has 0 spiro atoms. The normalized spacial score (nSPS) is 18.9. The largest absolute Gasteiger partial charge is 0.342 e. The first-order valence-corrected chi connectivity index (χ1v) is 6.88. The van der Waals surface area contributed by atoms with E-state index in [0.717, 1.165) is 3.57 Å². The maximum absolute atomic E-state index is 12.9. The average molecular weight is 369 g/mol. The van der Waals surface area contributed by atoms with E-state index in [-0.39, 0.29) is 31.8 Å². The lowest BCUT2D eigenvalue weighted by Crippen LogP contribution is -2.42. The van der Waals surface area contributed by atoms with E-state index in [0.29, 0.717) is 13.0 Å². The monoisotopic (exact) mass is 369 g/mol. The van der Waals surface area contributed by atoms with Crippen molar-refractivity contribution in [2.24, 2.45) is 0 Å². The molecule has 1 fully saturated rings. The Hall–Kier alpha value is -0.730. The SMILES string of the molecule is O=C(CCn1cc(I)cn1)N1CCC(F)(F)CC1. The zero-order chi connectivity index (χ0) is 13.2. The summed E-state index contributed by atoms with van der Waals surface area (Å²) in [6.07, 6.45) is 3.42. The van der Waals surface area contributed by atoms with E-state index in [1.165, 1.54) is 4.90 Å². The zero-order valence-corrected chi connectivity index (χ0v) is 11.9. The van der Waals surface area contributed by atoms with Crippen molar-refractivity contribution in [3.05, 3.63) is 16.0 Å². The van der Waals surface area contributed by atoms with E-state index in [2.05, 4.69) is 27.7 Å². The first-order chi connectivity index (χ1) is 8.46. The van der Waals surface area contributed by atoms with Crippen LogP contribution >= 0.6 is 22.6 Å². The van der Waals surface area contributed by atoms with Crippen LogP contribution in [0.1, 0.15) is 19.3 Å². The summed E-state index contributed by atoms with van der Waals surface area (Å²) in [5.41, 5.74) is 0. The Balaban J connectivity index is 1.79. The lowest BCUT2D eigenvalue weighted by molar-refractivity contribution is -0.137. The van der Waals surface area contributed by atoms with Crippen LogP contribution in [0.5, 0.6) is 0 Å². The second-order valence-electron chi connectivity index (χ2n) is 4.41. The van der Waals surface area contributed by atoms with E-state index in [9.17, 15) is 13.6 Å². The predicted molar refractivity (Wildman–Crippen MR) is 70.3 cm³/mol. The summed E-state index contributed by atoms with van der Waals surface area (Å²) in [6.45, 7) is 0.805. The molecule has 1 aliphatic rings. The molecule has 1 aromatic heterocycles. The van der Waals surface area contributed by atoms with Gasteiger partial charge in [-0.3, -0.25) is 9.48 Å². The number of piperidine rings is 1. The number of hydrogen-bond donors (Lipinski definition) is 0. The quantitative estimate of drug-likeness (QED) is 0.766. The molecule has 0 atom stereocenters. The third-order valence-electron chi connectivity index (χ3n) is 3.00. The van der Waals surface area contributed by atoms with Crippen LogP contribution in [0.3, 0.4) is 0 Å². The molecule has 100 valence electrons. The molecule has 2 heterocycles. The second kappa shape index (κ2) is 5.50. The lowest BCUT2D eigenvalue weighted by Gasteiger charge is -2.31. The number of carbonyl (C=O) groups is 1. The molecule has 1 aliphatic heterocycles. The molecule has 0 unspecified atom stereocenters. The minimum atomic E-state index is -2.60. The topological polar surface area (TPSA) is 38.1 Å². The van der Waals surface area contributed by atoms with Gasteiger partial charge >= 0.3 is 0 Å². The number of alkyl halides is 2. The number of amides is 1. The van der Waals surface area contributed by atoms with Gasteiger partial charge in [0.2, 0.25) is 5.91 Å². The summed E-state index contributed by atoms with van der Waals surface area (Å²) in [6, 6.07) is 0. The van der Waals surface area contributed by atoms with E-state index in [1.54, 1.807) is 10.9 Å². The molecule has 7 heteroatoms. The van der Waals surface area contributed by atoms with Gasteiger partial charge in [-0.15, -0.1) is 0 Å². The Morgan fingerprint density at radius 3 is 2.67 bits per heavy atom. The van der Waals surface area contributed by atoms with Gasteiger partial charge in [0.05, 0.1) is 9.77 Å². The Kier molecular flexibility index (Phi) is 4.18. The van der Waals surface area contributed by atoms with Crippen molar-refractivity contribution in [3.8, 4) is 0 Å². The lowest BCUT2D eigenvalue weighted by atomic mass is 10.1. The van der Waals surface area contributed by atoms with Gasteiger partial charge in [-0.2, -0.15) is 5.10 Å². The smallest absolute Gasteiger partial charge is 0.251 e. The molecule has 0 saturated carbocycles. The molecule has 2 rings (SSSR count). The summed E-state index contributed by atoms with van der Waals surface area (Å²) in [4.78, 5) is 13.3. The van der Waals surface area contributed by atoms with Crippen molar-refractivity contribution in [2.75, 3.05) is 13.1 Å². The molecule has 0 radical (unpaired) electrons. The summed E-state index contributed by atoms with van der Waals surface area (Å²) in [5.74, 6) is -2.68. The maximum atomic E-state index is 12.9. The van der Waals surface area contributed by atoms with Crippen LogP contribution in [-0.4, -0.2) is 39.6 Å². The zero-order valence-electron chi connectivity index (χ0n) is 9.78. The van der Waals surface area contributed by atoms with Gasteiger partial charge in [0.1, 0.15) is 0 Å². The van der Waals surface area contributed by atoms with Crippen molar-refractivity contribution < 1.29 is 13.6 Å². The number of halogens is 3. The fourth-order valence-corrected chi connectivity index (χ4v) is 2.36. The van der Waals surface area contributed by atoms with E-state index >= 15 is 0 Å². The summed E-state index contributed by atoms with van der Waals surface area (Å²) < 4.78 is 28.6. The van der Waals surface area contributed by atoms with Crippen LogP contribution in [-0.2, 0) is 11.3 Å². The fraction of sp³-hybridized carbons (Fsp3) is 0.636. The molecule has 1 aromatic rings. The predicted octanol–water partition coefficient (Wildman–Crippen LogP) is 2.14. The highest BCUT2D eigenvalue weighted by atomic mass is 127. The van der Waals surface area contributed by atoms with Crippen LogP contribution in [0.4, 0.5) is 8.78 Å². The average Bonchev–Trinajstić information content (AvgIpc) is 2.72. The minimum Gasteiger partial charge on any atom is -0.342 e. The van der Waals surface area contributed by atoms with Gasteiger partial charge in [-0.25, -0.2) is 8.78 Å². The summed E-state index contributed by atoms with van der Waals surface area (Å²) in [7, 11) is 0. The Morgan fingerprint density at radius 1 is 1.44 bits per heavy atom. The number of hydrogen-bond acceptors (Lipinski definition) is 2. The highest BCUT2D eigenvalue weighted by Crippen LogP contribution is 2.27. The number of aryl methyl sites for hydroxylation is 1. The van der Waals surface area contributed by atoms with Gasteiger partial charge in [0, 0.05) is 45.1 Å². The highest BCUT2D eigenvalue weighted by molar-refractivity contribution is 14.1. The first-order valence-electron chi connectivity index (χ1n) is 5.80. The molecule has 0 aromatic carbocycles. The number of rotatable bonds is 3. The molecule has 0 aliphatic carbocycles. The van der Waals surface area contributed by atoms with Crippen molar-refractivity contribution in [2.45, 2.75) is 31.7 Å². The maximum Gasteiger partial charge on any atom is 0.251 e. The van der Waals surface area contributed by atoms with Gasteiger partial charge < -0.3 is 4.90 Å². The van der Waals surface area contributed by atoms with E-state index in [1.807, 2.05) is 6.20 Å². The Bertz CT molecular complexity index is 426. The second-order valence-corrected chi connectivity index (χ2v) is 5.65. The van der Waals surface area contributed by atoms with Crippen molar-refractivity contribution in [1.82, 2.24) is 14.7 Å². The van der Waals surface area contributed by atoms with Crippen molar-refractivity contribution in [3.63, 3.8) is 0 Å². The van der Waals surface area contributed by atoms with Crippen LogP contribution in [0.25, 0.3) is 0 Å². The van der Waals surface area contributed by atoms with Gasteiger partial charge in [-0.1, -0.05) is 0 Å². The Labute approximate surface area is 117 Å². The van der Waals surface area contributed by atoms with Crippen molar-refractivity contribution >= 4 is 28.5 Å². The third kappa shape index (κ3) is 3.63. The molecule has 4 nitrogen and oxygen atoms in total. The number of carbonyl (C=O) groups excluding carboxylic acids is 1. The van der Waals surface area contributed by atoms with Crippen LogP contribution in [0, 0.1) is 3.57 Å². The number of aromatic nitrogens is 2. The molecular weight excluding hydrogens is 355 g/mol. The van der Waals surface area contributed by atoms with Crippen LogP contribution < -0.4 is 0 Å². The Morgan fingerprint density at radius 2 is 2.11 bits per heavy atom. The van der Waals surface area contributed by atoms with E-state index in [4.69, 9.17) is 0 Å². The molecule has 0 N–H and O–H groups in total. The first kappa shape index (κ1) is 13.7. The van der Waals surface area contributed by atoms with Gasteiger partial charge in [0.25, 0.3) is 5.92 Å². The minimum absolute atomic E-state index is 0.0731. The summed E-state index contributed by atoms with van der Waals surface area (Å²) in [5, 5.41) is 4.07. The summed E-state index contributed by atoms with van der Waals surface area (Å²) >= 11 is 2.14. The standard InChI is InChI=1S/C11H14F2IN3O/c12-11(13)2-5-16(6-3-11)10(18)1-4-17-8-9(14)7-15-17/h7-8H,1-6H2. The van der Waals surface area contributed by atoms with Gasteiger partial charge in [-0.05, 0) is 22.6 Å². The van der Waals surface area contributed by atoms with E-state index < -0.39 is 5.92 Å². The van der Waals surface area contributed by atoms with Crippen molar-refractivity contribution in [1.29, 1.82) is 0 Å². The van der Waals surface area contributed by atoms with Crippen LogP contribution in [0.2, 0.25) is 0 Å². The van der Waals surface area contributed by atoms with Crippen LogP contribution in [0.15, 0.2) is 12.4 Å². The molecular formula is C11H14F2IN3O. The fourth-order valence-electron chi connectivity index (χ4n) is 1.91. The third-order valence-corrected chi connectivity index (χ3v) is 3.56. The molecule has 1 saturated heterocycles. The number of nitrogens with zero attached hydrogens (tertiary/aromatic N) is 3. The molecule has 18 heavy (non-hydrogen) atoms. The van der Waals surface area contributed by atoms with Gasteiger partial charge in [0.15, 0.2) is 0 Å². The molecule has 1 amide bonds.